The Morgan fingerprint density at radius 2 is 1.87 bits per heavy atom. The highest BCUT2D eigenvalue weighted by Gasteiger charge is 2.06. The molecular formula is C11H7Cl2NO. The van der Waals surface area contributed by atoms with Crippen molar-refractivity contribution in [2.75, 3.05) is 0 Å². The second kappa shape index (κ2) is 4.09. The fourth-order valence-electron chi connectivity index (χ4n) is 1.28. The molecular weight excluding hydrogens is 233 g/mol. The summed E-state index contributed by atoms with van der Waals surface area (Å²) in [7, 11) is 0. The topological polar surface area (TPSA) is 33.1 Å². The number of nitrogens with zero attached hydrogens (tertiary/aromatic N) is 1. The molecule has 0 spiro atoms. The second-order valence-corrected chi connectivity index (χ2v) is 3.84. The number of pyridine rings is 1. The van der Waals surface area contributed by atoms with E-state index in [4.69, 9.17) is 23.2 Å². The molecule has 0 fully saturated rings. The van der Waals surface area contributed by atoms with Gasteiger partial charge in [0.1, 0.15) is 16.6 Å². The van der Waals surface area contributed by atoms with Crippen LogP contribution in [0.5, 0.6) is 5.75 Å². The van der Waals surface area contributed by atoms with Gasteiger partial charge in [0.05, 0.1) is 0 Å². The van der Waals surface area contributed by atoms with Crippen LogP contribution in [0.25, 0.3) is 11.3 Å². The van der Waals surface area contributed by atoms with Crippen LogP contribution in [0.2, 0.25) is 10.2 Å². The number of aromatic nitrogens is 1. The molecule has 0 aliphatic heterocycles. The van der Waals surface area contributed by atoms with Gasteiger partial charge in [-0.2, -0.15) is 0 Å². The maximum atomic E-state index is 9.62. The number of hydrogen-bond acceptors (Lipinski definition) is 2. The lowest BCUT2D eigenvalue weighted by Crippen LogP contribution is -1.84. The van der Waals surface area contributed by atoms with E-state index in [1.807, 2.05) is 6.07 Å². The standard InChI is InChI=1S/C11H7Cl2NO/c12-8-3-1-2-7(6-8)11-9(15)4-5-10(13)14-11/h1-6,15H. The Morgan fingerprint density at radius 3 is 2.60 bits per heavy atom. The molecule has 1 heterocycles. The molecule has 1 aromatic heterocycles. The van der Waals surface area contributed by atoms with Crippen LogP contribution in [-0.2, 0) is 0 Å². The molecule has 2 nitrogen and oxygen atoms in total. The zero-order valence-electron chi connectivity index (χ0n) is 7.61. The number of aromatic hydroxyl groups is 1. The van der Waals surface area contributed by atoms with Crippen molar-refractivity contribution in [2.24, 2.45) is 0 Å². The summed E-state index contributed by atoms with van der Waals surface area (Å²) in [4.78, 5) is 4.04. The third-order valence-corrected chi connectivity index (χ3v) is 2.38. The van der Waals surface area contributed by atoms with Gasteiger partial charge in [-0.05, 0) is 24.3 Å². The molecule has 0 aliphatic rings. The van der Waals surface area contributed by atoms with Crippen LogP contribution < -0.4 is 0 Å². The Balaban J connectivity index is 2.58. The summed E-state index contributed by atoms with van der Waals surface area (Å²) in [6, 6.07) is 10.1. The molecule has 2 rings (SSSR count). The van der Waals surface area contributed by atoms with E-state index in [0.29, 0.717) is 15.9 Å². The number of halogens is 2. The maximum absolute atomic E-state index is 9.62. The minimum Gasteiger partial charge on any atom is -0.506 e. The van der Waals surface area contributed by atoms with E-state index in [-0.39, 0.29) is 5.75 Å². The maximum Gasteiger partial charge on any atom is 0.141 e. The van der Waals surface area contributed by atoms with E-state index in [9.17, 15) is 5.11 Å². The molecule has 0 radical (unpaired) electrons. The molecule has 0 bridgehead atoms. The van der Waals surface area contributed by atoms with Gasteiger partial charge in [-0.3, -0.25) is 0 Å². The number of rotatable bonds is 1. The smallest absolute Gasteiger partial charge is 0.141 e. The van der Waals surface area contributed by atoms with Crippen LogP contribution in [0, 0.1) is 0 Å². The molecule has 0 saturated carbocycles. The monoisotopic (exact) mass is 239 g/mol. The Morgan fingerprint density at radius 1 is 1.07 bits per heavy atom. The zero-order chi connectivity index (χ0) is 10.8. The highest BCUT2D eigenvalue weighted by Crippen LogP contribution is 2.29. The first kappa shape index (κ1) is 10.3. The molecule has 0 amide bonds. The molecule has 2 aromatic rings. The van der Waals surface area contributed by atoms with Crippen molar-refractivity contribution in [2.45, 2.75) is 0 Å². The summed E-state index contributed by atoms with van der Waals surface area (Å²) in [5.74, 6) is 0.0849. The van der Waals surface area contributed by atoms with Crippen LogP contribution in [0.4, 0.5) is 0 Å². The van der Waals surface area contributed by atoms with Crippen molar-refractivity contribution in [3.8, 4) is 17.0 Å². The Bertz CT molecular complexity index is 500. The largest absolute Gasteiger partial charge is 0.506 e. The average molecular weight is 240 g/mol. The van der Waals surface area contributed by atoms with Crippen molar-refractivity contribution in [3.63, 3.8) is 0 Å². The highest BCUT2D eigenvalue weighted by atomic mass is 35.5. The molecule has 0 unspecified atom stereocenters. The third kappa shape index (κ3) is 2.22. The summed E-state index contributed by atoms with van der Waals surface area (Å²) in [6.07, 6.45) is 0. The van der Waals surface area contributed by atoms with Gasteiger partial charge in [0.25, 0.3) is 0 Å². The molecule has 15 heavy (non-hydrogen) atoms. The first-order chi connectivity index (χ1) is 7.16. The summed E-state index contributed by atoms with van der Waals surface area (Å²) in [6.45, 7) is 0. The molecule has 0 atom stereocenters. The van der Waals surface area contributed by atoms with Gasteiger partial charge in [-0.25, -0.2) is 4.98 Å². The zero-order valence-corrected chi connectivity index (χ0v) is 9.13. The first-order valence-corrected chi connectivity index (χ1v) is 5.04. The van der Waals surface area contributed by atoms with Crippen LogP contribution in [0.3, 0.4) is 0 Å². The minimum atomic E-state index is 0.0849. The lowest BCUT2D eigenvalue weighted by atomic mass is 10.1. The van der Waals surface area contributed by atoms with E-state index >= 15 is 0 Å². The lowest BCUT2D eigenvalue weighted by Gasteiger charge is -2.04. The molecule has 76 valence electrons. The SMILES string of the molecule is Oc1ccc(Cl)nc1-c1cccc(Cl)c1. The highest BCUT2D eigenvalue weighted by molar-refractivity contribution is 6.31. The van der Waals surface area contributed by atoms with Crippen molar-refractivity contribution < 1.29 is 5.11 Å². The normalized spacial score (nSPS) is 10.3. The minimum absolute atomic E-state index is 0.0849. The van der Waals surface area contributed by atoms with Gasteiger partial charge in [0, 0.05) is 10.6 Å². The second-order valence-electron chi connectivity index (χ2n) is 3.01. The molecule has 1 N–H and O–H groups in total. The third-order valence-electron chi connectivity index (χ3n) is 1.94. The van der Waals surface area contributed by atoms with Gasteiger partial charge in [0.2, 0.25) is 0 Å². The van der Waals surface area contributed by atoms with Gasteiger partial charge < -0.3 is 5.11 Å². The first-order valence-electron chi connectivity index (χ1n) is 4.28. The fraction of sp³-hybridized carbons (Fsp3) is 0. The Hall–Kier alpha value is -1.25. The molecule has 0 aliphatic carbocycles. The van der Waals surface area contributed by atoms with Gasteiger partial charge in [-0.1, -0.05) is 35.3 Å². The van der Waals surface area contributed by atoms with E-state index in [1.165, 1.54) is 12.1 Å². The Labute approximate surface area is 97.1 Å². The lowest BCUT2D eigenvalue weighted by molar-refractivity contribution is 0.475. The van der Waals surface area contributed by atoms with Crippen molar-refractivity contribution in [1.29, 1.82) is 0 Å². The van der Waals surface area contributed by atoms with E-state index in [0.717, 1.165) is 5.56 Å². The van der Waals surface area contributed by atoms with Crippen LogP contribution >= 0.6 is 23.2 Å². The predicted molar refractivity (Wildman–Crippen MR) is 61.4 cm³/mol. The molecule has 0 saturated heterocycles. The fourth-order valence-corrected chi connectivity index (χ4v) is 1.61. The summed E-state index contributed by atoms with van der Waals surface area (Å²) in [5, 5.41) is 10.5. The van der Waals surface area contributed by atoms with Crippen LogP contribution in [-0.4, -0.2) is 10.1 Å². The molecule has 4 heteroatoms. The molecule has 1 aromatic carbocycles. The van der Waals surface area contributed by atoms with E-state index in [1.54, 1.807) is 18.2 Å². The summed E-state index contributed by atoms with van der Waals surface area (Å²) < 4.78 is 0. The average Bonchev–Trinajstić information content (AvgIpc) is 2.22. The van der Waals surface area contributed by atoms with Crippen molar-refractivity contribution in [1.82, 2.24) is 4.98 Å². The van der Waals surface area contributed by atoms with Gasteiger partial charge >= 0.3 is 0 Å². The number of benzene rings is 1. The quantitative estimate of drug-likeness (QED) is 0.769. The van der Waals surface area contributed by atoms with Crippen molar-refractivity contribution >= 4 is 23.2 Å². The van der Waals surface area contributed by atoms with Crippen LogP contribution in [0.1, 0.15) is 0 Å². The summed E-state index contributed by atoms with van der Waals surface area (Å²) in [5.41, 5.74) is 1.17. The Kier molecular flexibility index (Phi) is 2.80. The van der Waals surface area contributed by atoms with Crippen LogP contribution in [0.15, 0.2) is 36.4 Å². The van der Waals surface area contributed by atoms with E-state index < -0.39 is 0 Å². The van der Waals surface area contributed by atoms with Crippen molar-refractivity contribution in [3.05, 3.63) is 46.6 Å². The van der Waals surface area contributed by atoms with E-state index in [2.05, 4.69) is 4.98 Å². The summed E-state index contributed by atoms with van der Waals surface area (Å²) >= 11 is 11.6. The number of hydrogen-bond donors (Lipinski definition) is 1. The van der Waals surface area contributed by atoms with Gasteiger partial charge in [0.15, 0.2) is 0 Å². The predicted octanol–water partition coefficient (Wildman–Crippen LogP) is 3.76. The van der Waals surface area contributed by atoms with Gasteiger partial charge in [-0.15, -0.1) is 0 Å².